The van der Waals surface area contributed by atoms with Crippen molar-refractivity contribution in [2.24, 2.45) is 5.92 Å². The number of nitrogens with zero attached hydrogens (tertiary/aromatic N) is 1. The van der Waals surface area contributed by atoms with E-state index < -0.39 is 24.2 Å². The molecule has 4 aromatic carbocycles. The average Bonchev–Trinajstić information content (AvgIpc) is 3.85. The van der Waals surface area contributed by atoms with Crippen LogP contribution in [0.3, 0.4) is 0 Å². The lowest BCUT2D eigenvalue weighted by Gasteiger charge is -2.25. The highest BCUT2D eigenvalue weighted by atomic mass is 16.6. The molecule has 2 aliphatic heterocycles. The number of alkyl carbamates (subject to hydrolysis) is 1. The van der Waals surface area contributed by atoms with Crippen LogP contribution >= 0.6 is 0 Å². The first-order valence-electron chi connectivity index (χ1n) is 18.9. The third-order valence-electron chi connectivity index (χ3n) is 10.2. The minimum Gasteiger partial charge on any atom is -0.506 e. The second-order valence-corrected chi connectivity index (χ2v) is 14.1. The largest absolute Gasteiger partial charge is 0.506 e. The van der Waals surface area contributed by atoms with Crippen molar-refractivity contribution in [3.8, 4) is 11.5 Å². The average molecular weight is 763 g/mol. The summed E-state index contributed by atoms with van der Waals surface area (Å²) in [5.74, 6) is 0.510. The van der Waals surface area contributed by atoms with Crippen molar-refractivity contribution in [2.45, 2.75) is 31.3 Å². The highest BCUT2D eigenvalue weighted by molar-refractivity contribution is 5.89. The Kier molecular flexibility index (Phi) is 12.6. The summed E-state index contributed by atoms with van der Waals surface area (Å²) in [5.41, 5.74) is 3.57. The fraction of sp³-hybridized carbons (Fsp3) is 0.326. The minimum absolute atomic E-state index is 0.0656. The molecule has 0 spiro atoms. The van der Waals surface area contributed by atoms with Gasteiger partial charge < -0.3 is 44.8 Å². The number of ether oxygens (including phenoxy) is 4. The fourth-order valence-corrected chi connectivity index (χ4v) is 7.27. The van der Waals surface area contributed by atoms with Crippen LogP contribution in [-0.4, -0.2) is 90.8 Å². The first-order chi connectivity index (χ1) is 27.3. The normalized spacial score (nSPS) is 18.3. The quantitative estimate of drug-likeness (QED) is 0.0650. The van der Waals surface area contributed by atoms with Gasteiger partial charge >= 0.3 is 12.1 Å². The van der Waals surface area contributed by atoms with Gasteiger partial charge in [0, 0.05) is 43.5 Å². The first kappa shape index (κ1) is 38.5. The number of rotatable bonds is 17. The fourth-order valence-electron chi connectivity index (χ4n) is 7.27. The van der Waals surface area contributed by atoms with E-state index in [4.69, 9.17) is 18.9 Å². The third kappa shape index (κ3) is 9.73. The molecule has 2 aliphatic rings. The predicted octanol–water partition coefficient (Wildman–Crippen LogP) is 4.83. The van der Waals surface area contributed by atoms with Crippen molar-refractivity contribution in [1.82, 2.24) is 20.5 Å². The van der Waals surface area contributed by atoms with E-state index in [1.165, 1.54) is 12.1 Å². The lowest BCUT2D eigenvalue weighted by molar-refractivity contribution is 0.0318. The van der Waals surface area contributed by atoms with Crippen molar-refractivity contribution in [1.29, 1.82) is 0 Å². The van der Waals surface area contributed by atoms with Gasteiger partial charge in [0.2, 0.25) is 5.56 Å². The number of aliphatic hydroxyl groups is 1. The summed E-state index contributed by atoms with van der Waals surface area (Å²) in [6.07, 6.45) is -0.322. The number of phenolic OH excluding ortho intramolecular Hbond substituents is 1. The molecule has 0 aliphatic carbocycles. The van der Waals surface area contributed by atoms with E-state index in [9.17, 15) is 24.6 Å². The van der Waals surface area contributed by atoms with Crippen LogP contribution in [0.1, 0.15) is 51.2 Å². The Balaban J connectivity index is 0.822. The number of aromatic amines is 1. The number of fused-ring (bicyclic) bond motifs is 3. The summed E-state index contributed by atoms with van der Waals surface area (Å²) < 4.78 is 22.9. The molecule has 13 heteroatoms. The lowest BCUT2D eigenvalue weighted by Crippen LogP contribution is -2.37. The van der Waals surface area contributed by atoms with Gasteiger partial charge in [-0.05, 0) is 71.6 Å². The van der Waals surface area contributed by atoms with Crippen LogP contribution in [0.2, 0.25) is 0 Å². The molecular weight excluding hydrogens is 716 g/mol. The molecule has 3 heterocycles. The van der Waals surface area contributed by atoms with E-state index in [0.29, 0.717) is 41.3 Å². The number of aliphatic hydroxyl groups excluding tert-OH is 1. The smallest absolute Gasteiger partial charge is 0.408 e. The van der Waals surface area contributed by atoms with Crippen molar-refractivity contribution < 1.29 is 38.7 Å². The molecule has 13 nitrogen and oxygen atoms in total. The number of aromatic hydroxyl groups is 1. The molecule has 5 atom stereocenters. The maximum atomic E-state index is 13.1. The van der Waals surface area contributed by atoms with Gasteiger partial charge in [0.15, 0.2) is 0 Å². The van der Waals surface area contributed by atoms with E-state index in [2.05, 4.69) is 20.5 Å². The van der Waals surface area contributed by atoms with Crippen LogP contribution in [0.15, 0.2) is 108 Å². The zero-order valence-corrected chi connectivity index (χ0v) is 30.9. The van der Waals surface area contributed by atoms with Crippen molar-refractivity contribution in [2.75, 3.05) is 52.5 Å². The number of nitrogens with one attached hydrogen (secondary N) is 3. The Morgan fingerprint density at radius 2 is 1.71 bits per heavy atom. The van der Waals surface area contributed by atoms with Gasteiger partial charge in [-0.1, -0.05) is 60.7 Å². The third-order valence-corrected chi connectivity index (χ3v) is 10.2. The van der Waals surface area contributed by atoms with Gasteiger partial charge in [-0.15, -0.1) is 0 Å². The molecule has 0 saturated carbocycles. The number of piperidine rings is 1. The maximum absolute atomic E-state index is 13.1. The molecule has 5 aromatic rings. The molecule has 7 rings (SSSR count). The van der Waals surface area contributed by atoms with Crippen molar-refractivity contribution in [3.05, 3.63) is 141 Å². The number of carbonyl (C=O) groups excluding carboxylic acids is 2. The van der Waals surface area contributed by atoms with Gasteiger partial charge in [-0.3, -0.25) is 9.69 Å². The molecule has 2 bridgehead atoms. The Morgan fingerprint density at radius 3 is 2.50 bits per heavy atom. The summed E-state index contributed by atoms with van der Waals surface area (Å²) in [6, 6.07) is 30.0. The number of benzene rings is 4. The van der Waals surface area contributed by atoms with Crippen LogP contribution in [0.25, 0.3) is 10.9 Å². The molecule has 2 fully saturated rings. The zero-order valence-electron chi connectivity index (χ0n) is 30.9. The second-order valence-electron chi connectivity index (χ2n) is 14.1. The van der Waals surface area contributed by atoms with Crippen LogP contribution in [0.4, 0.5) is 4.79 Å². The molecule has 4 unspecified atom stereocenters. The number of carbonyl (C=O) groups is 2. The topological polar surface area (TPSA) is 172 Å². The highest BCUT2D eigenvalue weighted by Gasteiger charge is 2.40. The van der Waals surface area contributed by atoms with E-state index in [-0.39, 0.29) is 49.3 Å². The monoisotopic (exact) mass is 762 g/mol. The summed E-state index contributed by atoms with van der Waals surface area (Å²) >= 11 is 0. The number of aromatic nitrogens is 1. The molecular formula is C43H46N4O9. The van der Waals surface area contributed by atoms with Crippen LogP contribution < -0.4 is 20.9 Å². The summed E-state index contributed by atoms with van der Waals surface area (Å²) in [4.78, 5) is 42.3. The van der Waals surface area contributed by atoms with Gasteiger partial charge in [0.05, 0.1) is 36.4 Å². The predicted molar refractivity (Wildman–Crippen MR) is 209 cm³/mol. The minimum atomic E-state index is -0.872. The maximum Gasteiger partial charge on any atom is 0.408 e. The SMILES string of the molecule is O=C(NC(c1ccccc1)c1cccc(OCc2ccc(C(=O)OCCOCCNC[C@H](O)c3ccc(O)c4[nH]c(=O)ccc34)cc2)c1)OC1CN2CCC1C2. The second kappa shape index (κ2) is 18.3. The zero-order chi connectivity index (χ0) is 38.9. The summed E-state index contributed by atoms with van der Waals surface area (Å²) in [7, 11) is 0. The lowest BCUT2D eigenvalue weighted by atomic mass is 9.98. The highest BCUT2D eigenvalue weighted by Crippen LogP contribution is 2.31. The molecule has 1 aromatic heterocycles. The standard InChI is InChI=1S/C43H46N4O9/c48-36-15-13-34(35-14-16-39(50)45-41(35)36)37(49)24-44-18-20-53-21-22-54-42(51)30-11-9-28(10-12-30)27-55-33-8-4-7-31(23-33)40(29-5-2-1-3-6-29)46-43(52)56-38-26-47-19-17-32(38)25-47/h1-16,23,32,37-38,40,44,48-49H,17-22,24-27H2,(H,45,50)(H,46,52)/t32?,37-,38?,40?/m0/s1. The molecule has 2 saturated heterocycles. The number of phenols is 1. The number of esters is 1. The van der Waals surface area contributed by atoms with E-state index in [1.807, 2.05) is 66.7 Å². The van der Waals surface area contributed by atoms with Crippen LogP contribution in [0, 0.1) is 5.92 Å². The number of hydrogen-bond acceptors (Lipinski definition) is 11. The molecule has 56 heavy (non-hydrogen) atoms. The Bertz CT molecular complexity index is 2160. The van der Waals surface area contributed by atoms with Gasteiger partial charge in [0.25, 0.3) is 0 Å². The molecule has 0 radical (unpaired) electrons. The van der Waals surface area contributed by atoms with E-state index in [1.54, 1.807) is 24.3 Å². The Hall–Kier alpha value is -5.73. The van der Waals surface area contributed by atoms with Crippen LogP contribution in [0.5, 0.6) is 11.5 Å². The van der Waals surface area contributed by atoms with Gasteiger partial charge in [0.1, 0.15) is 30.8 Å². The first-order valence-corrected chi connectivity index (χ1v) is 18.9. The van der Waals surface area contributed by atoms with Crippen LogP contribution in [-0.2, 0) is 20.8 Å². The molecule has 5 N–H and O–H groups in total. The number of hydrogen-bond donors (Lipinski definition) is 5. The van der Waals surface area contributed by atoms with E-state index in [0.717, 1.165) is 42.7 Å². The summed E-state index contributed by atoms with van der Waals surface area (Å²) in [5, 5.41) is 27.5. The number of pyridine rings is 1. The van der Waals surface area contributed by atoms with Gasteiger partial charge in [-0.2, -0.15) is 0 Å². The van der Waals surface area contributed by atoms with Crippen molar-refractivity contribution >= 4 is 23.0 Å². The van der Waals surface area contributed by atoms with Crippen molar-refractivity contribution in [3.63, 3.8) is 0 Å². The van der Waals surface area contributed by atoms with E-state index >= 15 is 0 Å². The Morgan fingerprint density at radius 1 is 0.893 bits per heavy atom. The number of H-pyrrole nitrogens is 1. The van der Waals surface area contributed by atoms with Gasteiger partial charge in [-0.25, -0.2) is 9.59 Å². The number of amides is 1. The Labute approximate surface area is 324 Å². The molecule has 1 amide bonds. The summed E-state index contributed by atoms with van der Waals surface area (Å²) in [6.45, 7) is 4.43. The molecule has 292 valence electrons.